The summed E-state index contributed by atoms with van der Waals surface area (Å²) in [6.07, 6.45) is 0.303. The summed E-state index contributed by atoms with van der Waals surface area (Å²) in [4.78, 5) is 12.7. The number of rotatable bonds is 9. The molecule has 37 heavy (non-hydrogen) atoms. The van der Waals surface area contributed by atoms with E-state index in [-0.39, 0.29) is 28.7 Å². The minimum absolute atomic E-state index is 0.0791. The van der Waals surface area contributed by atoms with E-state index in [1.807, 2.05) is 58.0 Å². The SMILES string of the molecule is CCO[C@H]1CC(c2cccc(C(=O)C(C)C)c2)Nc2ccc(S(=O)(=O)Nc3ccc(C)c(OC)c3)cc21. The molecule has 0 fully saturated rings. The van der Waals surface area contributed by atoms with Crippen molar-refractivity contribution >= 4 is 27.2 Å². The van der Waals surface area contributed by atoms with Crippen molar-refractivity contribution in [1.29, 1.82) is 0 Å². The summed E-state index contributed by atoms with van der Waals surface area (Å²) in [7, 11) is -2.29. The third-order valence-electron chi connectivity index (χ3n) is 6.59. The first-order valence-corrected chi connectivity index (χ1v) is 13.9. The minimum Gasteiger partial charge on any atom is -0.496 e. The average molecular weight is 523 g/mol. The van der Waals surface area contributed by atoms with Crippen molar-refractivity contribution < 1.29 is 22.7 Å². The van der Waals surface area contributed by atoms with Gasteiger partial charge in [-0.3, -0.25) is 9.52 Å². The summed E-state index contributed by atoms with van der Waals surface area (Å²) in [5.74, 6) is 0.630. The van der Waals surface area contributed by atoms with Crippen LogP contribution in [-0.2, 0) is 14.8 Å². The lowest BCUT2D eigenvalue weighted by atomic mass is 9.89. The molecular formula is C29H34N2O5S. The monoisotopic (exact) mass is 522 g/mol. The Morgan fingerprint density at radius 3 is 2.59 bits per heavy atom. The molecule has 196 valence electrons. The van der Waals surface area contributed by atoms with Crippen LogP contribution in [0.25, 0.3) is 0 Å². The van der Waals surface area contributed by atoms with Gasteiger partial charge in [-0.25, -0.2) is 8.42 Å². The Kier molecular flexibility index (Phi) is 7.90. The van der Waals surface area contributed by atoms with E-state index in [1.54, 1.807) is 37.4 Å². The number of nitrogens with one attached hydrogen (secondary N) is 2. The van der Waals surface area contributed by atoms with E-state index >= 15 is 0 Å². The van der Waals surface area contributed by atoms with Gasteiger partial charge in [-0.05, 0) is 55.3 Å². The van der Waals surface area contributed by atoms with Gasteiger partial charge in [0.15, 0.2) is 5.78 Å². The van der Waals surface area contributed by atoms with E-state index in [9.17, 15) is 13.2 Å². The number of hydrogen-bond acceptors (Lipinski definition) is 6. The Hall–Kier alpha value is -3.36. The van der Waals surface area contributed by atoms with Gasteiger partial charge in [0, 0.05) is 41.8 Å². The highest BCUT2D eigenvalue weighted by Crippen LogP contribution is 2.42. The van der Waals surface area contributed by atoms with Gasteiger partial charge < -0.3 is 14.8 Å². The average Bonchev–Trinajstić information content (AvgIpc) is 2.89. The van der Waals surface area contributed by atoms with Crippen LogP contribution in [0, 0.1) is 12.8 Å². The zero-order chi connectivity index (χ0) is 26.7. The number of ether oxygens (including phenoxy) is 2. The normalized spacial score (nSPS) is 17.1. The van der Waals surface area contributed by atoms with Gasteiger partial charge >= 0.3 is 0 Å². The summed E-state index contributed by atoms with van der Waals surface area (Å²) in [5, 5.41) is 3.52. The van der Waals surface area contributed by atoms with Gasteiger partial charge in [0.2, 0.25) is 0 Å². The zero-order valence-corrected chi connectivity index (χ0v) is 22.7. The lowest BCUT2D eigenvalue weighted by Gasteiger charge is -2.34. The van der Waals surface area contributed by atoms with E-state index in [2.05, 4.69) is 10.0 Å². The maximum absolute atomic E-state index is 13.2. The predicted octanol–water partition coefficient (Wildman–Crippen LogP) is 6.28. The van der Waals surface area contributed by atoms with Crippen LogP contribution >= 0.6 is 0 Å². The minimum atomic E-state index is -3.84. The van der Waals surface area contributed by atoms with Gasteiger partial charge in [-0.2, -0.15) is 0 Å². The predicted molar refractivity (Wildman–Crippen MR) is 146 cm³/mol. The molecule has 0 spiro atoms. The van der Waals surface area contributed by atoms with Crippen LogP contribution in [0.15, 0.2) is 65.6 Å². The van der Waals surface area contributed by atoms with Crippen LogP contribution in [-0.4, -0.2) is 27.9 Å². The highest BCUT2D eigenvalue weighted by atomic mass is 32.2. The number of sulfonamides is 1. The first kappa shape index (κ1) is 26.7. The molecule has 3 aromatic rings. The maximum atomic E-state index is 13.2. The van der Waals surface area contributed by atoms with E-state index in [1.165, 1.54) is 0 Å². The number of aryl methyl sites for hydroxylation is 1. The number of carbonyl (C=O) groups excluding carboxylic acids is 1. The molecule has 0 saturated carbocycles. The number of methoxy groups -OCH3 is 1. The Morgan fingerprint density at radius 2 is 1.89 bits per heavy atom. The topological polar surface area (TPSA) is 93.7 Å². The lowest BCUT2D eigenvalue weighted by Crippen LogP contribution is -2.24. The molecule has 7 nitrogen and oxygen atoms in total. The zero-order valence-electron chi connectivity index (χ0n) is 21.9. The van der Waals surface area contributed by atoms with Crippen LogP contribution in [0.5, 0.6) is 5.75 Å². The molecule has 8 heteroatoms. The van der Waals surface area contributed by atoms with Crippen LogP contribution < -0.4 is 14.8 Å². The fourth-order valence-electron chi connectivity index (χ4n) is 4.61. The number of Topliss-reactive ketones (excluding diaryl/α,β-unsaturated/α-hetero) is 1. The highest BCUT2D eigenvalue weighted by molar-refractivity contribution is 7.92. The molecule has 0 aromatic heterocycles. The van der Waals surface area contributed by atoms with Crippen molar-refractivity contribution in [2.24, 2.45) is 5.92 Å². The van der Waals surface area contributed by atoms with Crippen molar-refractivity contribution in [3.63, 3.8) is 0 Å². The summed E-state index contributed by atoms with van der Waals surface area (Å²) in [5.41, 5.74) is 4.62. The Labute approximate surface area is 219 Å². The van der Waals surface area contributed by atoms with Crippen LogP contribution in [0.4, 0.5) is 11.4 Å². The number of fused-ring (bicyclic) bond motifs is 1. The molecule has 3 aromatic carbocycles. The van der Waals surface area contributed by atoms with Gasteiger partial charge in [-0.15, -0.1) is 0 Å². The number of ketones is 1. The number of anilines is 2. The molecule has 0 amide bonds. The van der Waals surface area contributed by atoms with Crippen LogP contribution in [0.2, 0.25) is 0 Å². The van der Waals surface area contributed by atoms with Crippen molar-refractivity contribution in [1.82, 2.24) is 0 Å². The van der Waals surface area contributed by atoms with E-state index in [4.69, 9.17) is 9.47 Å². The van der Waals surface area contributed by atoms with Crippen LogP contribution in [0.3, 0.4) is 0 Å². The maximum Gasteiger partial charge on any atom is 0.261 e. The molecule has 0 bridgehead atoms. The fourth-order valence-corrected chi connectivity index (χ4v) is 5.70. The van der Waals surface area contributed by atoms with Crippen LogP contribution in [0.1, 0.15) is 66.4 Å². The second kappa shape index (κ2) is 10.9. The second-order valence-corrected chi connectivity index (χ2v) is 11.2. The fraction of sp³-hybridized carbons (Fsp3) is 0.345. The first-order valence-electron chi connectivity index (χ1n) is 12.5. The van der Waals surface area contributed by atoms with Gasteiger partial charge in [0.05, 0.1) is 29.8 Å². The highest BCUT2D eigenvalue weighted by Gasteiger charge is 2.30. The molecule has 1 aliphatic rings. The molecular weight excluding hydrogens is 488 g/mol. The van der Waals surface area contributed by atoms with Crippen molar-refractivity contribution in [3.8, 4) is 5.75 Å². The third-order valence-corrected chi connectivity index (χ3v) is 7.96. The van der Waals surface area contributed by atoms with Crippen molar-refractivity contribution in [2.45, 2.75) is 51.2 Å². The van der Waals surface area contributed by atoms with Gasteiger partial charge in [-0.1, -0.05) is 38.1 Å². The van der Waals surface area contributed by atoms with E-state index < -0.39 is 10.0 Å². The molecule has 2 atom stereocenters. The molecule has 0 aliphatic carbocycles. The van der Waals surface area contributed by atoms with E-state index in [0.717, 1.165) is 22.4 Å². The van der Waals surface area contributed by atoms with Gasteiger partial charge in [0.1, 0.15) is 5.75 Å². The molecule has 4 rings (SSSR count). The Bertz CT molecular complexity index is 1400. The molecule has 2 N–H and O–H groups in total. The molecule has 1 unspecified atom stereocenters. The Balaban J connectivity index is 1.63. The summed E-state index contributed by atoms with van der Waals surface area (Å²) in [6, 6.07) is 17.8. The molecule has 0 saturated heterocycles. The molecule has 1 aliphatic heterocycles. The summed E-state index contributed by atoms with van der Waals surface area (Å²) >= 11 is 0. The third kappa shape index (κ3) is 5.81. The van der Waals surface area contributed by atoms with Gasteiger partial charge in [0.25, 0.3) is 10.0 Å². The van der Waals surface area contributed by atoms with E-state index in [0.29, 0.717) is 30.0 Å². The summed E-state index contributed by atoms with van der Waals surface area (Å²) < 4.78 is 40.5. The first-order chi connectivity index (χ1) is 17.6. The quantitative estimate of drug-likeness (QED) is 0.321. The number of carbonyl (C=O) groups is 1. The molecule has 1 heterocycles. The lowest BCUT2D eigenvalue weighted by molar-refractivity contribution is 0.0497. The Morgan fingerprint density at radius 1 is 1.11 bits per heavy atom. The molecule has 0 radical (unpaired) electrons. The standard InChI is InChI=1S/C29H34N2O5S/c1-6-36-28-17-26(20-8-7-9-21(14-20)29(32)18(2)3)30-25-13-12-23(16-24(25)28)37(33,34)31-22-11-10-19(4)27(15-22)35-5/h7-16,18,26,28,30-31H,6,17H2,1-5H3/t26?,28-/m0/s1. The second-order valence-electron chi connectivity index (χ2n) is 9.56. The largest absolute Gasteiger partial charge is 0.496 e. The summed E-state index contributed by atoms with van der Waals surface area (Å²) in [6.45, 7) is 8.09. The van der Waals surface area contributed by atoms with Crippen molar-refractivity contribution in [3.05, 3.63) is 82.9 Å². The number of hydrogen-bond donors (Lipinski definition) is 2. The van der Waals surface area contributed by atoms with Crippen molar-refractivity contribution in [2.75, 3.05) is 23.8 Å². The smallest absolute Gasteiger partial charge is 0.261 e. The number of benzene rings is 3.